The number of piperidine rings is 1. The van der Waals surface area contributed by atoms with Crippen molar-refractivity contribution < 1.29 is 0 Å². The van der Waals surface area contributed by atoms with Crippen LogP contribution in [0.15, 0.2) is 17.4 Å². The highest BCUT2D eigenvalue weighted by molar-refractivity contribution is 7.99. The number of aromatic nitrogens is 3. The highest BCUT2D eigenvalue weighted by atomic mass is 32.2. The molecule has 8 nitrogen and oxygen atoms in total. The van der Waals surface area contributed by atoms with E-state index in [2.05, 4.69) is 58.9 Å². The molecular formula is C22H32N8S2. The van der Waals surface area contributed by atoms with Gasteiger partial charge < -0.3 is 15.1 Å². The topological polar surface area (TPSA) is 84.2 Å². The molecule has 2 aromatic heterocycles. The van der Waals surface area contributed by atoms with Gasteiger partial charge in [-0.2, -0.15) is 5.26 Å². The van der Waals surface area contributed by atoms with Crippen LogP contribution in [0.2, 0.25) is 0 Å². The van der Waals surface area contributed by atoms with E-state index in [9.17, 15) is 0 Å². The average molecular weight is 473 g/mol. The lowest BCUT2D eigenvalue weighted by atomic mass is 10.0. The van der Waals surface area contributed by atoms with E-state index in [1.165, 1.54) is 11.3 Å². The molecule has 1 N–H and O–H groups in total. The number of likely N-dealkylation sites (N-methyl/N-ethyl adjacent to an activating group) is 1. The molecule has 0 radical (unpaired) electrons. The van der Waals surface area contributed by atoms with Gasteiger partial charge in [0.15, 0.2) is 10.3 Å². The van der Waals surface area contributed by atoms with E-state index < -0.39 is 0 Å². The zero-order chi connectivity index (χ0) is 22.7. The molecule has 2 aliphatic rings. The Hall–Kier alpha value is -1.93. The van der Waals surface area contributed by atoms with Crippen LogP contribution in [0.4, 0.5) is 16.8 Å². The fourth-order valence-corrected chi connectivity index (χ4v) is 5.68. The lowest BCUT2D eigenvalue weighted by molar-refractivity contribution is 0.113. The number of nitriles is 1. The second kappa shape index (κ2) is 9.91. The number of piperazine rings is 1. The first-order valence-electron chi connectivity index (χ1n) is 11.2. The second-order valence-electron chi connectivity index (χ2n) is 9.43. The van der Waals surface area contributed by atoms with Gasteiger partial charge in [-0.15, -0.1) is 0 Å². The van der Waals surface area contributed by atoms with Crippen LogP contribution in [0.5, 0.6) is 0 Å². The van der Waals surface area contributed by atoms with Crippen LogP contribution in [0.1, 0.15) is 38.5 Å². The van der Waals surface area contributed by atoms with E-state index in [1.807, 2.05) is 6.07 Å². The molecule has 0 aliphatic carbocycles. The Morgan fingerprint density at radius 1 is 1.12 bits per heavy atom. The Morgan fingerprint density at radius 2 is 1.84 bits per heavy atom. The summed E-state index contributed by atoms with van der Waals surface area (Å²) in [5.41, 5.74) is 0.223. The van der Waals surface area contributed by atoms with Crippen molar-refractivity contribution in [2.45, 2.75) is 49.6 Å². The fourth-order valence-electron chi connectivity index (χ4n) is 4.01. The number of rotatable bonds is 5. The van der Waals surface area contributed by atoms with Crippen molar-refractivity contribution in [1.29, 1.82) is 5.26 Å². The quantitative estimate of drug-likeness (QED) is 0.655. The van der Waals surface area contributed by atoms with Gasteiger partial charge in [-0.1, -0.05) is 23.1 Å². The van der Waals surface area contributed by atoms with Crippen LogP contribution in [0, 0.1) is 11.3 Å². The number of nitrogens with one attached hydrogen (secondary N) is 1. The number of thiazole rings is 1. The monoisotopic (exact) mass is 472 g/mol. The third-order valence-corrected chi connectivity index (χ3v) is 8.05. The Balaban J connectivity index is 1.51. The van der Waals surface area contributed by atoms with Gasteiger partial charge in [-0.3, -0.25) is 4.90 Å². The molecule has 10 heteroatoms. The van der Waals surface area contributed by atoms with E-state index in [4.69, 9.17) is 15.2 Å². The van der Waals surface area contributed by atoms with Crippen LogP contribution in [-0.4, -0.2) is 81.9 Å². The number of anilines is 3. The first kappa shape index (κ1) is 23.2. The molecule has 0 amide bonds. The summed E-state index contributed by atoms with van der Waals surface area (Å²) in [5, 5.41) is 14.4. The smallest absolute Gasteiger partial charge is 0.191 e. The number of hydrogen-bond donors (Lipinski definition) is 1. The highest BCUT2D eigenvalue weighted by Gasteiger charge is 2.28. The molecule has 172 valence electrons. The predicted molar refractivity (Wildman–Crippen MR) is 132 cm³/mol. The summed E-state index contributed by atoms with van der Waals surface area (Å²) >= 11 is 3.13. The van der Waals surface area contributed by atoms with Gasteiger partial charge in [0.25, 0.3) is 0 Å². The molecule has 0 aromatic carbocycles. The van der Waals surface area contributed by atoms with Crippen molar-refractivity contribution in [2.75, 3.05) is 56.5 Å². The normalized spacial score (nSPS) is 19.2. The fraction of sp³-hybridized carbons (Fsp3) is 0.636. The van der Waals surface area contributed by atoms with Crippen molar-refractivity contribution in [1.82, 2.24) is 24.8 Å². The number of nitrogens with zero attached hydrogens (tertiary/aromatic N) is 7. The molecule has 0 atom stereocenters. The van der Waals surface area contributed by atoms with Crippen molar-refractivity contribution >= 4 is 39.9 Å². The van der Waals surface area contributed by atoms with Crippen molar-refractivity contribution in [3.8, 4) is 6.07 Å². The summed E-state index contributed by atoms with van der Waals surface area (Å²) in [7, 11) is 2.16. The molecule has 2 aromatic rings. The maximum atomic E-state index is 9.10. The van der Waals surface area contributed by atoms with E-state index in [-0.39, 0.29) is 5.54 Å². The molecule has 32 heavy (non-hydrogen) atoms. The molecule has 0 spiro atoms. The molecule has 2 aliphatic heterocycles. The number of thioether (sulfide) groups is 1. The molecule has 2 saturated heterocycles. The van der Waals surface area contributed by atoms with Gasteiger partial charge in [0.05, 0.1) is 6.20 Å². The van der Waals surface area contributed by atoms with Gasteiger partial charge in [0, 0.05) is 43.0 Å². The summed E-state index contributed by atoms with van der Waals surface area (Å²) in [4.78, 5) is 21.9. The Bertz CT molecular complexity index is 948. The standard InChI is InChI=1S/C22H32N8S2/c1-22(2,3)30-7-5-16(6-8-30)31-21-26-18(25-20-24-15-17(14-23)32-20)13-19(27-21)29-11-9-28(4)10-12-29/h13,15-16H,5-12H2,1-4H3,(H,24,25,26,27). The maximum Gasteiger partial charge on any atom is 0.191 e. The van der Waals surface area contributed by atoms with Crippen LogP contribution in [-0.2, 0) is 0 Å². The van der Waals surface area contributed by atoms with E-state index >= 15 is 0 Å². The summed E-state index contributed by atoms with van der Waals surface area (Å²) < 4.78 is 0. The van der Waals surface area contributed by atoms with Gasteiger partial charge >= 0.3 is 0 Å². The minimum atomic E-state index is 0.223. The number of likely N-dealkylation sites (tertiary alicyclic amines) is 1. The first-order chi connectivity index (χ1) is 15.3. The minimum Gasteiger partial charge on any atom is -0.354 e. The Labute approximate surface area is 199 Å². The third kappa shape index (κ3) is 5.90. The van der Waals surface area contributed by atoms with Gasteiger partial charge in [-0.05, 0) is 53.8 Å². The van der Waals surface area contributed by atoms with Crippen LogP contribution >= 0.6 is 23.1 Å². The first-order valence-corrected chi connectivity index (χ1v) is 12.9. The van der Waals surface area contributed by atoms with Crippen LogP contribution < -0.4 is 10.2 Å². The predicted octanol–water partition coefficient (Wildman–Crippen LogP) is 3.66. The summed E-state index contributed by atoms with van der Waals surface area (Å²) in [5.74, 6) is 1.70. The zero-order valence-corrected chi connectivity index (χ0v) is 21.0. The molecule has 0 unspecified atom stereocenters. The van der Waals surface area contributed by atoms with Crippen molar-refractivity contribution in [2.24, 2.45) is 0 Å². The molecule has 4 heterocycles. The molecule has 0 bridgehead atoms. The minimum absolute atomic E-state index is 0.223. The number of hydrogen-bond acceptors (Lipinski definition) is 10. The summed E-state index contributed by atoms with van der Waals surface area (Å²) in [6.45, 7) is 13.1. The summed E-state index contributed by atoms with van der Waals surface area (Å²) in [6, 6.07) is 4.15. The average Bonchev–Trinajstić information content (AvgIpc) is 3.21. The van der Waals surface area contributed by atoms with Crippen LogP contribution in [0.3, 0.4) is 0 Å². The maximum absolute atomic E-state index is 9.10. The Morgan fingerprint density at radius 3 is 2.47 bits per heavy atom. The highest BCUT2D eigenvalue weighted by Crippen LogP contribution is 2.33. The van der Waals surface area contributed by atoms with E-state index in [1.54, 1.807) is 18.0 Å². The zero-order valence-electron chi connectivity index (χ0n) is 19.3. The van der Waals surface area contributed by atoms with Crippen molar-refractivity contribution in [3.05, 3.63) is 17.1 Å². The van der Waals surface area contributed by atoms with Gasteiger partial charge in [0.1, 0.15) is 22.6 Å². The third-order valence-electron chi connectivity index (χ3n) is 6.03. The van der Waals surface area contributed by atoms with E-state index in [0.717, 1.165) is 68.9 Å². The lowest BCUT2D eigenvalue weighted by Gasteiger charge is -2.40. The molecule has 4 rings (SSSR count). The molecule has 2 fully saturated rings. The largest absolute Gasteiger partial charge is 0.354 e. The van der Waals surface area contributed by atoms with Crippen LogP contribution in [0.25, 0.3) is 0 Å². The Kier molecular flexibility index (Phi) is 7.20. The lowest BCUT2D eigenvalue weighted by Crippen LogP contribution is -2.46. The van der Waals surface area contributed by atoms with Gasteiger partial charge in [-0.25, -0.2) is 15.0 Å². The van der Waals surface area contributed by atoms with Gasteiger partial charge in [0.2, 0.25) is 0 Å². The van der Waals surface area contributed by atoms with E-state index in [0.29, 0.717) is 15.3 Å². The van der Waals surface area contributed by atoms with Crippen molar-refractivity contribution in [3.63, 3.8) is 0 Å². The SMILES string of the molecule is CN1CCN(c2cc(Nc3ncc(C#N)s3)nc(SC3CCN(C(C)(C)C)CC3)n2)CC1. The summed E-state index contributed by atoms with van der Waals surface area (Å²) in [6.07, 6.45) is 3.88. The molecule has 0 saturated carbocycles. The molecular weight excluding hydrogens is 440 g/mol. The second-order valence-corrected chi connectivity index (χ2v) is 11.7.